The van der Waals surface area contributed by atoms with Crippen molar-refractivity contribution >= 4 is 6.03 Å². The molecule has 0 spiro atoms. The van der Waals surface area contributed by atoms with E-state index in [9.17, 15) is 4.79 Å². The zero-order valence-corrected chi connectivity index (χ0v) is 14.8. The molecule has 0 radical (unpaired) electrons. The van der Waals surface area contributed by atoms with Crippen LogP contribution in [0.5, 0.6) is 0 Å². The molecule has 134 valence electrons. The average Bonchev–Trinajstić information content (AvgIpc) is 3.39. The summed E-state index contributed by atoms with van der Waals surface area (Å²) in [5, 5.41) is 6.81. The molecule has 1 aliphatic rings. The second-order valence-corrected chi connectivity index (χ2v) is 6.54. The Labute approximate surface area is 147 Å². The lowest BCUT2D eigenvalue weighted by molar-refractivity contribution is 0.185. The Hall–Kier alpha value is -2.44. The highest BCUT2D eigenvalue weighted by molar-refractivity contribution is 5.74. The molecule has 1 aliphatic carbocycles. The van der Waals surface area contributed by atoms with Crippen LogP contribution in [0, 0.1) is 0 Å². The highest BCUT2D eigenvalue weighted by Gasteiger charge is 2.29. The van der Waals surface area contributed by atoms with Gasteiger partial charge in [0.15, 0.2) is 5.82 Å². The third kappa shape index (κ3) is 4.55. The number of hydrogen-bond acceptors (Lipinski definition) is 5. The van der Waals surface area contributed by atoms with Gasteiger partial charge < -0.3 is 14.7 Å². The number of nitrogens with one attached hydrogen (secondary N) is 1. The van der Waals surface area contributed by atoms with Crippen molar-refractivity contribution in [3.8, 4) is 0 Å². The molecule has 3 rings (SSSR count). The number of aromatic nitrogens is 3. The number of unbranched alkanes of at least 4 members (excludes halogenated alkanes) is 1. The molecule has 1 fully saturated rings. The van der Waals surface area contributed by atoms with Gasteiger partial charge in [-0.3, -0.25) is 4.98 Å². The lowest BCUT2D eigenvalue weighted by Crippen LogP contribution is -2.39. The molecule has 1 N–H and O–H groups in total. The third-order valence-corrected chi connectivity index (χ3v) is 4.50. The Morgan fingerprint density at radius 2 is 2.32 bits per heavy atom. The highest BCUT2D eigenvalue weighted by atomic mass is 16.5. The fourth-order valence-electron chi connectivity index (χ4n) is 2.81. The Morgan fingerprint density at radius 3 is 3.00 bits per heavy atom. The molecule has 1 atom stereocenters. The zero-order valence-electron chi connectivity index (χ0n) is 14.8. The van der Waals surface area contributed by atoms with Crippen LogP contribution in [0.3, 0.4) is 0 Å². The summed E-state index contributed by atoms with van der Waals surface area (Å²) in [5.41, 5.74) is 1.05. The van der Waals surface area contributed by atoms with Crippen LogP contribution in [0.25, 0.3) is 0 Å². The smallest absolute Gasteiger partial charge is 0.318 e. The maximum Gasteiger partial charge on any atom is 0.318 e. The van der Waals surface area contributed by atoms with Gasteiger partial charge in [0.25, 0.3) is 0 Å². The van der Waals surface area contributed by atoms with Crippen LogP contribution in [0.4, 0.5) is 4.79 Å². The van der Waals surface area contributed by atoms with Gasteiger partial charge in [0.2, 0.25) is 5.89 Å². The van der Waals surface area contributed by atoms with E-state index >= 15 is 0 Å². The monoisotopic (exact) mass is 343 g/mol. The minimum Gasteiger partial charge on any atom is -0.339 e. The summed E-state index contributed by atoms with van der Waals surface area (Å²) in [6.45, 7) is 2.42. The van der Waals surface area contributed by atoms with Gasteiger partial charge in [0.05, 0.1) is 12.6 Å². The quantitative estimate of drug-likeness (QED) is 0.794. The summed E-state index contributed by atoms with van der Waals surface area (Å²) in [4.78, 5) is 22.8. The lowest BCUT2D eigenvalue weighted by atomic mass is 10.0. The van der Waals surface area contributed by atoms with Crippen molar-refractivity contribution in [2.45, 2.75) is 57.5 Å². The Kier molecular flexibility index (Phi) is 5.63. The first kappa shape index (κ1) is 17.4. The van der Waals surface area contributed by atoms with Crippen molar-refractivity contribution in [2.75, 3.05) is 7.05 Å². The summed E-state index contributed by atoms with van der Waals surface area (Å²) in [6, 6.07) is 3.76. The van der Waals surface area contributed by atoms with Crippen molar-refractivity contribution in [1.29, 1.82) is 0 Å². The van der Waals surface area contributed by atoms with Crippen LogP contribution in [0.2, 0.25) is 0 Å². The van der Waals surface area contributed by atoms with Crippen molar-refractivity contribution in [2.24, 2.45) is 0 Å². The van der Waals surface area contributed by atoms with Gasteiger partial charge in [0, 0.05) is 25.4 Å². The molecule has 7 heteroatoms. The van der Waals surface area contributed by atoms with Crippen LogP contribution in [0.1, 0.15) is 68.3 Å². The first-order valence-electron chi connectivity index (χ1n) is 8.92. The van der Waals surface area contributed by atoms with Crippen molar-refractivity contribution in [1.82, 2.24) is 25.3 Å². The van der Waals surface area contributed by atoms with E-state index in [0.717, 1.165) is 37.7 Å². The summed E-state index contributed by atoms with van der Waals surface area (Å²) in [5.74, 6) is 1.63. The SMILES string of the molecule is CCCC[C@H](c1cccnc1)N(C)C(=O)NCc1noc(C2CC2)n1. The molecule has 2 aromatic heterocycles. The molecule has 2 aromatic rings. The molecule has 0 saturated heterocycles. The first-order chi connectivity index (χ1) is 12.2. The van der Waals surface area contributed by atoms with Crippen molar-refractivity contribution in [3.63, 3.8) is 0 Å². The minimum absolute atomic E-state index is 0.000873. The second kappa shape index (κ2) is 8.09. The molecule has 25 heavy (non-hydrogen) atoms. The Bertz CT molecular complexity index is 684. The number of urea groups is 1. The largest absolute Gasteiger partial charge is 0.339 e. The number of carbonyl (C=O) groups is 1. The molecule has 1 saturated carbocycles. The topological polar surface area (TPSA) is 84.2 Å². The molecule has 0 aromatic carbocycles. The molecule has 2 amide bonds. The van der Waals surface area contributed by atoms with Crippen molar-refractivity contribution < 1.29 is 9.32 Å². The first-order valence-corrected chi connectivity index (χ1v) is 8.92. The number of amides is 2. The van der Waals surface area contributed by atoms with E-state index in [1.807, 2.05) is 25.4 Å². The molecule has 0 aliphatic heterocycles. The average molecular weight is 343 g/mol. The van der Waals surface area contributed by atoms with Gasteiger partial charge in [-0.1, -0.05) is 31.0 Å². The molecule has 0 bridgehead atoms. The summed E-state index contributed by atoms with van der Waals surface area (Å²) in [6.07, 6.45) is 8.83. The van der Waals surface area contributed by atoms with E-state index in [1.54, 1.807) is 11.1 Å². The van der Waals surface area contributed by atoms with E-state index in [-0.39, 0.29) is 18.6 Å². The standard InChI is InChI=1S/C18H25N5O2/c1-3-4-7-15(14-6-5-10-19-11-14)23(2)18(24)20-12-16-21-17(25-22-16)13-8-9-13/h5-6,10-11,13,15H,3-4,7-9,12H2,1-2H3,(H,20,24)/t15-/m1/s1. The molecular weight excluding hydrogens is 318 g/mol. The number of rotatable bonds is 8. The normalized spacial score (nSPS) is 15.0. The summed E-state index contributed by atoms with van der Waals surface area (Å²) >= 11 is 0. The Balaban J connectivity index is 1.59. The van der Waals surface area contributed by atoms with Crippen LogP contribution in [-0.2, 0) is 6.54 Å². The molecule has 0 unspecified atom stereocenters. The lowest BCUT2D eigenvalue weighted by Gasteiger charge is -2.28. The molecule has 7 nitrogen and oxygen atoms in total. The van der Waals surface area contributed by atoms with Crippen LogP contribution in [-0.4, -0.2) is 33.1 Å². The predicted molar refractivity (Wildman–Crippen MR) is 92.8 cm³/mol. The second-order valence-electron chi connectivity index (χ2n) is 6.54. The van der Waals surface area contributed by atoms with E-state index in [2.05, 4.69) is 27.4 Å². The van der Waals surface area contributed by atoms with Gasteiger partial charge in [-0.05, 0) is 30.9 Å². The zero-order chi connectivity index (χ0) is 17.6. The van der Waals surface area contributed by atoms with Crippen LogP contribution >= 0.6 is 0 Å². The van der Waals surface area contributed by atoms with Crippen LogP contribution in [0.15, 0.2) is 29.0 Å². The van der Waals surface area contributed by atoms with E-state index in [4.69, 9.17) is 4.52 Å². The number of nitrogens with zero attached hydrogens (tertiary/aromatic N) is 4. The number of hydrogen-bond donors (Lipinski definition) is 1. The van der Waals surface area contributed by atoms with Gasteiger partial charge in [-0.15, -0.1) is 0 Å². The fraction of sp³-hybridized carbons (Fsp3) is 0.556. The van der Waals surface area contributed by atoms with Gasteiger partial charge in [-0.2, -0.15) is 4.98 Å². The number of pyridine rings is 1. The summed E-state index contributed by atoms with van der Waals surface area (Å²) in [7, 11) is 1.81. The van der Waals surface area contributed by atoms with Gasteiger partial charge in [0.1, 0.15) is 0 Å². The number of carbonyl (C=O) groups excluding carboxylic acids is 1. The predicted octanol–water partition coefficient (Wildman–Crippen LogP) is 3.41. The minimum atomic E-state index is -0.150. The third-order valence-electron chi connectivity index (χ3n) is 4.50. The molecule has 2 heterocycles. The molecular formula is C18H25N5O2. The van der Waals surface area contributed by atoms with Crippen molar-refractivity contribution in [3.05, 3.63) is 41.8 Å². The maximum atomic E-state index is 12.6. The Morgan fingerprint density at radius 1 is 1.48 bits per heavy atom. The fourth-order valence-corrected chi connectivity index (χ4v) is 2.81. The van der Waals surface area contributed by atoms with E-state index in [1.165, 1.54) is 0 Å². The van der Waals surface area contributed by atoms with Gasteiger partial charge in [-0.25, -0.2) is 4.79 Å². The summed E-state index contributed by atoms with van der Waals surface area (Å²) < 4.78 is 5.22. The van der Waals surface area contributed by atoms with Crippen LogP contribution < -0.4 is 5.32 Å². The van der Waals surface area contributed by atoms with E-state index < -0.39 is 0 Å². The maximum absolute atomic E-state index is 12.6. The van der Waals surface area contributed by atoms with Gasteiger partial charge >= 0.3 is 6.03 Å². The highest BCUT2D eigenvalue weighted by Crippen LogP contribution is 2.38. The van der Waals surface area contributed by atoms with E-state index in [0.29, 0.717) is 17.6 Å².